The fraction of sp³-hybridized carbons (Fsp3) is 0.462. The van der Waals surface area contributed by atoms with E-state index in [0.29, 0.717) is 0 Å². The van der Waals surface area contributed by atoms with E-state index >= 15 is 0 Å². The van der Waals surface area contributed by atoms with Gasteiger partial charge < -0.3 is 15.2 Å². The number of nitrogens with two attached hydrogens (primary N) is 1. The van der Waals surface area contributed by atoms with Gasteiger partial charge in [0.05, 0.1) is 12.6 Å². The summed E-state index contributed by atoms with van der Waals surface area (Å²) in [6, 6.07) is 2.64. The Morgan fingerprint density at radius 2 is 1.77 bits per heavy atom. The summed E-state index contributed by atoms with van der Waals surface area (Å²) in [5.41, 5.74) is 5.60. The number of halogens is 5. The average molecular weight is 327 g/mol. The zero-order valence-electron chi connectivity index (χ0n) is 11.4. The highest BCUT2D eigenvalue weighted by Gasteiger charge is 2.44. The van der Waals surface area contributed by atoms with Crippen LogP contribution >= 0.6 is 0 Å². The molecule has 1 aromatic rings. The predicted molar refractivity (Wildman–Crippen MR) is 66.5 cm³/mol. The molecule has 0 fully saturated rings. The molecule has 0 amide bonds. The van der Waals surface area contributed by atoms with Crippen molar-refractivity contribution in [2.75, 3.05) is 6.61 Å². The van der Waals surface area contributed by atoms with E-state index in [-0.39, 0.29) is 12.2 Å². The summed E-state index contributed by atoms with van der Waals surface area (Å²) < 4.78 is 71.3. The number of ether oxygens (including phenoxy) is 2. The summed E-state index contributed by atoms with van der Waals surface area (Å²) in [5, 5.41) is 0. The van der Waals surface area contributed by atoms with Gasteiger partial charge in [0.1, 0.15) is 5.75 Å². The first-order valence-electron chi connectivity index (χ1n) is 6.20. The maximum Gasteiger partial charge on any atom is 0.461 e. The van der Waals surface area contributed by atoms with E-state index in [9.17, 15) is 26.7 Å². The van der Waals surface area contributed by atoms with Gasteiger partial charge in [0, 0.05) is 0 Å². The molecule has 4 nitrogen and oxygen atoms in total. The number of carbonyl (C=O) groups excluding carboxylic acids is 1. The lowest BCUT2D eigenvalue weighted by atomic mass is 10.0. The average Bonchev–Trinajstić information content (AvgIpc) is 2.46. The molecular weight excluding hydrogens is 313 g/mol. The van der Waals surface area contributed by atoms with Crippen molar-refractivity contribution in [3.05, 3.63) is 29.8 Å². The molecule has 0 heterocycles. The lowest BCUT2D eigenvalue weighted by Gasteiger charge is -2.18. The van der Waals surface area contributed by atoms with Crippen molar-refractivity contribution in [2.24, 2.45) is 5.73 Å². The summed E-state index contributed by atoms with van der Waals surface area (Å²) in [6.07, 6.45) is -10.8. The summed E-state index contributed by atoms with van der Waals surface area (Å²) >= 11 is 0. The molecule has 0 spiro atoms. The first-order chi connectivity index (χ1) is 10.2. The zero-order chi connectivity index (χ0) is 16.9. The van der Waals surface area contributed by atoms with Gasteiger partial charge in [-0.3, -0.25) is 0 Å². The summed E-state index contributed by atoms with van der Waals surface area (Å²) in [6.45, 7) is 1.47. The summed E-state index contributed by atoms with van der Waals surface area (Å²) in [5.74, 6) is -1.70. The second kappa shape index (κ2) is 7.39. The van der Waals surface area contributed by atoms with Crippen LogP contribution in [0.3, 0.4) is 0 Å². The fourth-order valence-corrected chi connectivity index (χ4v) is 1.50. The van der Waals surface area contributed by atoms with E-state index in [1.807, 2.05) is 0 Å². The SMILES string of the molecule is CCOC(=O)C(F)[C@@H](N)c1ccc(OC(F)(F)C(F)F)cc1. The molecule has 0 saturated heterocycles. The lowest BCUT2D eigenvalue weighted by molar-refractivity contribution is -0.253. The van der Waals surface area contributed by atoms with Gasteiger partial charge in [0.15, 0.2) is 0 Å². The maximum atomic E-state index is 13.7. The molecule has 0 aliphatic carbocycles. The van der Waals surface area contributed by atoms with Gasteiger partial charge in [0.2, 0.25) is 6.17 Å². The van der Waals surface area contributed by atoms with E-state index in [2.05, 4.69) is 9.47 Å². The van der Waals surface area contributed by atoms with Gasteiger partial charge in [-0.25, -0.2) is 9.18 Å². The van der Waals surface area contributed by atoms with E-state index in [1.54, 1.807) is 0 Å². The Kier molecular flexibility index (Phi) is 6.10. The highest BCUT2D eigenvalue weighted by molar-refractivity contribution is 5.75. The molecule has 1 aromatic carbocycles. The van der Waals surface area contributed by atoms with E-state index in [4.69, 9.17) is 5.73 Å². The smallest absolute Gasteiger partial charge is 0.461 e. The summed E-state index contributed by atoms with van der Waals surface area (Å²) in [7, 11) is 0. The molecule has 0 radical (unpaired) electrons. The molecule has 2 atom stereocenters. The standard InChI is InChI=1S/C13H14F5NO3/c1-2-21-11(20)9(14)10(19)7-3-5-8(6-4-7)22-13(17,18)12(15)16/h3-6,9-10,12H,2,19H2,1H3/t9?,10-/m0/s1. The summed E-state index contributed by atoms with van der Waals surface area (Å²) in [4.78, 5) is 11.2. The number of benzene rings is 1. The normalized spacial score (nSPS) is 14.5. The molecule has 1 rings (SSSR count). The zero-order valence-corrected chi connectivity index (χ0v) is 11.4. The number of hydrogen-bond acceptors (Lipinski definition) is 4. The van der Waals surface area contributed by atoms with Gasteiger partial charge in [-0.05, 0) is 24.6 Å². The Morgan fingerprint density at radius 1 is 1.23 bits per heavy atom. The molecule has 0 bridgehead atoms. The minimum absolute atomic E-state index is 0.0263. The minimum atomic E-state index is -4.64. The third-order valence-corrected chi connectivity index (χ3v) is 2.60. The Morgan fingerprint density at radius 3 is 2.23 bits per heavy atom. The Labute approximate surface area is 123 Å². The van der Waals surface area contributed by atoms with Gasteiger partial charge >= 0.3 is 18.5 Å². The molecule has 0 aliphatic heterocycles. The predicted octanol–water partition coefficient (Wildman–Crippen LogP) is 2.82. The monoisotopic (exact) mass is 327 g/mol. The molecule has 124 valence electrons. The number of hydrogen-bond donors (Lipinski definition) is 1. The lowest BCUT2D eigenvalue weighted by Crippen LogP contribution is -2.33. The molecule has 22 heavy (non-hydrogen) atoms. The second-order valence-corrected chi connectivity index (χ2v) is 4.21. The van der Waals surface area contributed by atoms with Crippen LogP contribution in [0.15, 0.2) is 24.3 Å². The Hall–Kier alpha value is -1.90. The van der Waals surface area contributed by atoms with Crippen LogP contribution in [-0.2, 0) is 9.53 Å². The van der Waals surface area contributed by atoms with Crippen molar-refractivity contribution in [1.82, 2.24) is 0 Å². The van der Waals surface area contributed by atoms with E-state index in [1.165, 1.54) is 6.92 Å². The number of esters is 1. The second-order valence-electron chi connectivity index (χ2n) is 4.21. The van der Waals surface area contributed by atoms with E-state index < -0.39 is 36.5 Å². The van der Waals surface area contributed by atoms with Crippen LogP contribution in [0.25, 0.3) is 0 Å². The Balaban J connectivity index is 2.78. The first-order valence-corrected chi connectivity index (χ1v) is 6.20. The molecule has 0 aromatic heterocycles. The molecule has 1 unspecified atom stereocenters. The maximum absolute atomic E-state index is 13.7. The van der Waals surface area contributed by atoms with Crippen molar-refractivity contribution >= 4 is 5.97 Å². The highest BCUT2D eigenvalue weighted by atomic mass is 19.3. The third kappa shape index (κ3) is 4.55. The topological polar surface area (TPSA) is 61.5 Å². The van der Waals surface area contributed by atoms with Gasteiger partial charge in [-0.1, -0.05) is 12.1 Å². The third-order valence-electron chi connectivity index (χ3n) is 2.60. The van der Waals surface area contributed by atoms with Crippen molar-refractivity contribution in [3.63, 3.8) is 0 Å². The number of carbonyl (C=O) groups is 1. The van der Waals surface area contributed by atoms with Crippen molar-refractivity contribution in [2.45, 2.75) is 31.7 Å². The fourth-order valence-electron chi connectivity index (χ4n) is 1.50. The van der Waals surface area contributed by atoms with Crippen LogP contribution in [-0.4, -0.2) is 31.3 Å². The molecule has 0 aliphatic rings. The Bertz CT molecular complexity index is 495. The minimum Gasteiger partial charge on any atom is -0.464 e. The molecule has 9 heteroatoms. The van der Waals surface area contributed by atoms with Crippen LogP contribution in [0.4, 0.5) is 22.0 Å². The number of alkyl halides is 5. The van der Waals surface area contributed by atoms with Gasteiger partial charge in [0.25, 0.3) is 0 Å². The van der Waals surface area contributed by atoms with Crippen molar-refractivity contribution < 1.29 is 36.2 Å². The van der Waals surface area contributed by atoms with Crippen molar-refractivity contribution in [3.8, 4) is 5.75 Å². The van der Waals surface area contributed by atoms with Gasteiger partial charge in [-0.2, -0.15) is 17.6 Å². The largest absolute Gasteiger partial charge is 0.464 e. The van der Waals surface area contributed by atoms with Crippen LogP contribution in [0.5, 0.6) is 5.75 Å². The van der Waals surface area contributed by atoms with Crippen LogP contribution in [0, 0.1) is 0 Å². The van der Waals surface area contributed by atoms with Crippen LogP contribution < -0.4 is 10.5 Å². The van der Waals surface area contributed by atoms with Crippen LogP contribution in [0.1, 0.15) is 18.5 Å². The highest BCUT2D eigenvalue weighted by Crippen LogP contribution is 2.28. The van der Waals surface area contributed by atoms with Crippen LogP contribution in [0.2, 0.25) is 0 Å². The molecule has 2 N–H and O–H groups in total. The first kappa shape index (κ1) is 18.1. The molecular formula is C13H14F5NO3. The molecule has 0 saturated carbocycles. The number of rotatable bonds is 7. The van der Waals surface area contributed by atoms with Gasteiger partial charge in [-0.15, -0.1) is 0 Å². The quantitative estimate of drug-likeness (QED) is 0.618. The van der Waals surface area contributed by atoms with Crippen molar-refractivity contribution in [1.29, 1.82) is 0 Å². The van der Waals surface area contributed by atoms with E-state index in [0.717, 1.165) is 24.3 Å².